The standard InChI is InChI=1S/C24H26ClFN2O7S/c1-14(24(32)15-2-8-22(30)20(25)10-15)27-12-17(29)13-35-18-5-9-23(31)21(11-18)28-36(33,34)19-6-3-16(26)4-7-19/h2-11,14,17,24,27-32H,12-13H2,1H3/t14?,17-,24?/m0/s1. The number of hydrogen-bond acceptors (Lipinski definition) is 8. The van der Waals surface area contributed by atoms with Crippen molar-refractivity contribution >= 4 is 27.3 Å². The van der Waals surface area contributed by atoms with Crippen LogP contribution < -0.4 is 14.8 Å². The molecule has 194 valence electrons. The SMILES string of the molecule is CC(NC[C@H](O)COc1ccc(O)c(NS(=O)(=O)c2ccc(F)cc2)c1)C(O)c1ccc(O)c(Cl)c1. The van der Waals surface area contributed by atoms with Crippen molar-refractivity contribution in [2.75, 3.05) is 17.9 Å². The zero-order chi connectivity index (χ0) is 26.5. The molecule has 0 aliphatic heterocycles. The fourth-order valence-corrected chi connectivity index (χ4v) is 4.44. The number of benzene rings is 3. The molecule has 3 rings (SSSR count). The number of sulfonamides is 1. The molecule has 0 aliphatic carbocycles. The van der Waals surface area contributed by atoms with Gasteiger partial charge in [-0.1, -0.05) is 17.7 Å². The number of phenolic OH excluding ortho intramolecular Hbond substituents is 2. The molecule has 0 amide bonds. The van der Waals surface area contributed by atoms with Gasteiger partial charge in [-0.05, 0) is 61.0 Å². The van der Waals surface area contributed by atoms with E-state index in [1.54, 1.807) is 6.92 Å². The first kappa shape index (κ1) is 27.5. The first-order chi connectivity index (χ1) is 17.0. The molecule has 0 fully saturated rings. The van der Waals surface area contributed by atoms with Crippen molar-refractivity contribution in [1.82, 2.24) is 5.32 Å². The third kappa shape index (κ3) is 7.21. The number of rotatable bonds is 11. The van der Waals surface area contributed by atoms with Crippen LogP contribution in [-0.2, 0) is 10.0 Å². The van der Waals surface area contributed by atoms with Crippen molar-refractivity contribution in [2.24, 2.45) is 0 Å². The van der Waals surface area contributed by atoms with E-state index in [9.17, 15) is 33.2 Å². The van der Waals surface area contributed by atoms with Crippen LogP contribution in [0.15, 0.2) is 65.6 Å². The van der Waals surface area contributed by atoms with Gasteiger partial charge in [0.25, 0.3) is 10.0 Å². The number of aromatic hydroxyl groups is 2. The molecule has 9 nitrogen and oxygen atoms in total. The van der Waals surface area contributed by atoms with E-state index in [2.05, 4.69) is 10.0 Å². The molecule has 0 saturated carbocycles. The van der Waals surface area contributed by atoms with E-state index >= 15 is 0 Å². The van der Waals surface area contributed by atoms with Crippen LogP contribution in [0.1, 0.15) is 18.6 Å². The summed E-state index contributed by atoms with van der Waals surface area (Å²) in [6.45, 7) is 1.60. The van der Waals surface area contributed by atoms with Crippen LogP contribution in [0.5, 0.6) is 17.2 Å². The number of phenols is 2. The number of ether oxygens (including phenoxy) is 1. The van der Waals surface area contributed by atoms with Gasteiger partial charge in [0.05, 0.1) is 21.7 Å². The minimum Gasteiger partial charge on any atom is -0.506 e. The molecule has 6 N–H and O–H groups in total. The highest BCUT2D eigenvalue weighted by Crippen LogP contribution is 2.30. The molecule has 0 bridgehead atoms. The van der Waals surface area contributed by atoms with Crippen molar-refractivity contribution in [2.45, 2.75) is 30.1 Å². The second kappa shape index (κ2) is 11.8. The van der Waals surface area contributed by atoms with Crippen molar-refractivity contribution in [3.8, 4) is 17.2 Å². The summed E-state index contributed by atoms with van der Waals surface area (Å²) in [7, 11) is -4.09. The van der Waals surface area contributed by atoms with Gasteiger partial charge in [0, 0.05) is 18.7 Å². The Labute approximate surface area is 212 Å². The molecule has 12 heteroatoms. The number of aliphatic hydroxyl groups excluding tert-OH is 2. The fourth-order valence-electron chi connectivity index (χ4n) is 3.18. The zero-order valence-corrected chi connectivity index (χ0v) is 20.7. The highest BCUT2D eigenvalue weighted by molar-refractivity contribution is 7.92. The van der Waals surface area contributed by atoms with Gasteiger partial charge in [0.15, 0.2) is 0 Å². The van der Waals surface area contributed by atoms with Crippen molar-refractivity contribution in [3.05, 3.63) is 77.1 Å². The lowest BCUT2D eigenvalue weighted by Gasteiger charge is -2.23. The average molecular weight is 541 g/mol. The van der Waals surface area contributed by atoms with E-state index in [0.29, 0.717) is 5.56 Å². The largest absolute Gasteiger partial charge is 0.506 e. The maximum atomic E-state index is 13.1. The summed E-state index contributed by atoms with van der Waals surface area (Å²) in [5, 5.41) is 43.4. The maximum absolute atomic E-state index is 13.1. The quantitative estimate of drug-likeness (QED) is 0.203. The van der Waals surface area contributed by atoms with E-state index < -0.39 is 34.1 Å². The lowest BCUT2D eigenvalue weighted by Crippen LogP contribution is -2.39. The molecular formula is C24H26ClFN2O7S. The van der Waals surface area contributed by atoms with E-state index in [1.807, 2.05) is 0 Å². The Morgan fingerprint density at radius 2 is 1.67 bits per heavy atom. The molecule has 36 heavy (non-hydrogen) atoms. The van der Waals surface area contributed by atoms with Crippen molar-refractivity contribution < 1.29 is 38.0 Å². The molecule has 0 radical (unpaired) electrons. The summed E-state index contributed by atoms with van der Waals surface area (Å²) in [4.78, 5) is -0.193. The summed E-state index contributed by atoms with van der Waals surface area (Å²) in [5.74, 6) is -0.863. The monoisotopic (exact) mass is 540 g/mol. The summed E-state index contributed by atoms with van der Waals surface area (Å²) in [5.41, 5.74) is 0.331. The molecule has 0 saturated heterocycles. The summed E-state index contributed by atoms with van der Waals surface area (Å²) >= 11 is 5.88. The van der Waals surface area contributed by atoms with Gasteiger partial charge in [-0.2, -0.15) is 0 Å². The number of anilines is 1. The highest BCUT2D eigenvalue weighted by atomic mass is 35.5. The number of hydrogen-bond donors (Lipinski definition) is 6. The normalized spacial score (nSPS) is 14.1. The molecule has 0 spiro atoms. The molecular weight excluding hydrogens is 515 g/mol. The van der Waals surface area contributed by atoms with E-state index in [1.165, 1.54) is 36.4 Å². The second-order valence-electron chi connectivity index (χ2n) is 8.06. The number of halogens is 2. The summed E-state index contributed by atoms with van der Waals surface area (Å²) in [6, 6.07) is 11.9. The van der Waals surface area contributed by atoms with Crippen molar-refractivity contribution in [3.63, 3.8) is 0 Å². The van der Waals surface area contributed by atoms with Crippen LogP contribution in [0.4, 0.5) is 10.1 Å². The molecule has 0 aromatic heterocycles. The van der Waals surface area contributed by atoms with Gasteiger partial charge in [-0.15, -0.1) is 0 Å². The van der Waals surface area contributed by atoms with Crippen LogP contribution >= 0.6 is 11.6 Å². The lowest BCUT2D eigenvalue weighted by molar-refractivity contribution is 0.0876. The summed E-state index contributed by atoms with van der Waals surface area (Å²) in [6.07, 6.45) is -1.94. The van der Waals surface area contributed by atoms with Gasteiger partial charge in [0.1, 0.15) is 35.8 Å². The third-order valence-corrected chi connectivity index (χ3v) is 6.93. The minimum absolute atomic E-state index is 0.0617. The average Bonchev–Trinajstić information content (AvgIpc) is 2.84. The zero-order valence-electron chi connectivity index (χ0n) is 19.1. The molecule has 3 aromatic rings. The maximum Gasteiger partial charge on any atom is 0.262 e. The van der Waals surface area contributed by atoms with Gasteiger partial charge in [-0.25, -0.2) is 12.8 Å². The Morgan fingerprint density at radius 3 is 2.33 bits per heavy atom. The van der Waals surface area contributed by atoms with Crippen LogP contribution in [0, 0.1) is 5.82 Å². The Balaban J connectivity index is 1.55. The van der Waals surface area contributed by atoms with Gasteiger partial charge in [-0.3, -0.25) is 4.72 Å². The number of aliphatic hydroxyl groups is 2. The van der Waals surface area contributed by atoms with Crippen LogP contribution in [0.25, 0.3) is 0 Å². The molecule has 0 heterocycles. The van der Waals surface area contributed by atoms with E-state index in [-0.39, 0.29) is 46.0 Å². The first-order valence-electron chi connectivity index (χ1n) is 10.8. The van der Waals surface area contributed by atoms with Crippen molar-refractivity contribution in [1.29, 1.82) is 0 Å². The Bertz CT molecular complexity index is 1290. The Kier molecular flexibility index (Phi) is 8.98. The van der Waals surface area contributed by atoms with Crippen LogP contribution in [-0.4, -0.2) is 54.1 Å². The fraction of sp³-hybridized carbons (Fsp3) is 0.250. The Hall–Kier alpha value is -3.09. The predicted molar refractivity (Wildman–Crippen MR) is 132 cm³/mol. The predicted octanol–water partition coefficient (Wildman–Crippen LogP) is 3.14. The molecule has 2 unspecified atom stereocenters. The van der Waals surface area contributed by atoms with Crippen LogP contribution in [0.3, 0.4) is 0 Å². The topological polar surface area (TPSA) is 148 Å². The van der Waals surface area contributed by atoms with Gasteiger partial charge in [0.2, 0.25) is 0 Å². The van der Waals surface area contributed by atoms with E-state index in [0.717, 1.165) is 24.3 Å². The second-order valence-corrected chi connectivity index (χ2v) is 10.1. The van der Waals surface area contributed by atoms with Gasteiger partial charge >= 0.3 is 0 Å². The highest BCUT2D eigenvalue weighted by Gasteiger charge is 2.19. The van der Waals surface area contributed by atoms with Crippen LogP contribution in [0.2, 0.25) is 5.02 Å². The molecule has 0 aliphatic rings. The van der Waals surface area contributed by atoms with Gasteiger partial charge < -0.3 is 30.5 Å². The first-order valence-corrected chi connectivity index (χ1v) is 12.6. The van der Waals surface area contributed by atoms with E-state index in [4.69, 9.17) is 16.3 Å². The smallest absolute Gasteiger partial charge is 0.262 e. The summed E-state index contributed by atoms with van der Waals surface area (Å²) < 4.78 is 45.8. The lowest BCUT2D eigenvalue weighted by atomic mass is 10.0. The molecule has 3 atom stereocenters. The minimum atomic E-state index is -4.09. The number of nitrogens with one attached hydrogen (secondary N) is 2. The third-order valence-electron chi connectivity index (χ3n) is 5.24. The molecule has 3 aromatic carbocycles. The Morgan fingerprint density at radius 1 is 1.00 bits per heavy atom.